The molecule has 1 aromatic heterocycles. The molecule has 2 heterocycles. The average Bonchev–Trinajstić information content (AvgIpc) is 2.79. The van der Waals surface area contributed by atoms with Crippen LogP contribution in [0.2, 0.25) is 0 Å². The van der Waals surface area contributed by atoms with Crippen molar-refractivity contribution in [2.45, 2.75) is 6.10 Å². The minimum absolute atomic E-state index is 0.155. The standard InChI is InChI=1S/C13H12N2O3/c16-8-11-7-15(13(17)18-11)10-3-4-12-9(6-10)2-1-5-14-12/h1-6,11,16H,7-8H2. The van der Waals surface area contributed by atoms with E-state index in [1.54, 1.807) is 6.20 Å². The lowest BCUT2D eigenvalue weighted by molar-refractivity contribution is 0.0963. The Morgan fingerprint density at radius 1 is 1.44 bits per heavy atom. The van der Waals surface area contributed by atoms with Crippen molar-refractivity contribution in [1.29, 1.82) is 0 Å². The Morgan fingerprint density at radius 2 is 2.33 bits per heavy atom. The fourth-order valence-corrected chi connectivity index (χ4v) is 2.06. The van der Waals surface area contributed by atoms with E-state index in [0.29, 0.717) is 6.54 Å². The molecule has 1 N–H and O–H groups in total. The van der Waals surface area contributed by atoms with Gasteiger partial charge in [0, 0.05) is 17.3 Å². The van der Waals surface area contributed by atoms with Gasteiger partial charge in [0.25, 0.3) is 0 Å². The Kier molecular flexibility index (Phi) is 2.60. The molecular formula is C13H12N2O3. The summed E-state index contributed by atoms with van der Waals surface area (Å²) in [7, 11) is 0. The van der Waals surface area contributed by atoms with Crippen LogP contribution >= 0.6 is 0 Å². The summed E-state index contributed by atoms with van der Waals surface area (Å²) in [6.07, 6.45) is 0.868. The fourth-order valence-electron chi connectivity index (χ4n) is 2.06. The zero-order chi connectivity index (χ0) is 12.5. The third kappa shape index (κ3) is 1.78. The van der Waals surface area contributed by atoms with Crippen LogP contribution in [0.25, 0.3) is 10.9 Å². The summed E-state index contributed by atoms with van der Waals surface area (Å²) < 4.78 is 5.01. The van der Waals surface area contributed by atoms with E-state index >= 15 is 0 Å². The first-order valence-electron chi connectivity index (χ1n) is 5.72. The van der Waals surface area contributed by atoms with Gasteiger partial charge in [-0.1, -0.05) is 6.07 Å². The molecule has 3 rings (SSSR count). The highest BCUT2D eigenvalue weighted by atomic mass is 16.6. The Hall–Kier alpha value is -2.14. The number of cyclic esters (lactones) is 1. The molecule has 0 aliphatic carbocycles. The summed E-state index contributed by atoms with van der Waals surface area (Å²) >= 11 is 0. The second kappa shape index (κ2) is 4.27. The van der Waals surface area contributed by atoms with E-state index in [4.69, 9.17) is 9.84 Å². The number of aliphatic hydroxyl groups excluding tert-OH is 1. The van der Waals surface area contributed by atoms with Crippen LogP contribution in [-0.2, 0) is 4.74 Å². The molecule has 0 bridgehead atoms. The molecule has 92 valence electrons. The van der Waals surface area contributed by atoms with Gasteiger partial charge >= 0.3 is 6.09 Å². The molecule has 1 aromatic carbocycles. The van der Waals surface area contributed by atoms with Gasteiger partial charge in [-0.25, -0.2) is 4.79 Å². The quantitative estimate of drug-likeness (QED) is 0.870. The Balaban J connectivity index is 1.97. The molecule has 1 fully saturated rings. The molecule has 0 radical (unpaired) electrons. The summed E-state index contributed by atoms with van der Waals surface area (Å²) in [6.45, 7) is 0.221. The molecule has 0 spiro atoms. The van der Waals surface area contributed by atoms with Crippen molar-refractivity contribution >= 4 is 22.7 Å². The largest absolute Gasteiger partial charge is 0.441 e. The fraction of sp³-hybridized carbons (Fsp3) is 0.231. The summed E-state index contributed by atoms with van der Waals surface area (Å²) in [6, 6.07) is 9.38. The van der Waals surface area contributed by atoms with Crippen molar-refractivity contribution in [2.75, 3.05) is 18.1 Å². The van der Waals surface area contributed by atoms with E-state index in [9.17, 15) is 4.79 Å². The van der Waals surface area contributed by atoms with E-state index in [-0.39, 0.29) is 6.61 Å². The van der Waals surface area contributed by atoms with Crippen molar-refractivity contribution in [1.82, 2.24) is 4.98 Å². The topological polar surface area (TPSA) is 62.7 Å². The SMILES string of the molecule is O=C1OC(CO)CN1c1ccc2ncccc2c1. The van der Waals surface area contributed by atoms with Gasteiger partial charge in [0.1, 0.15) is 6.10 Å². The van der Waals surface area contributed by atoms with Gasteiger partial charge in [0.15, 0.2) is 0 Å². The molecule has 0 saturated carbocycles. The van der Waals surface area contributed by atoms with E-state index in [1.165, 1.54) is 4.90 Å². The van der Waals surface area contributed by atoms with Crippen LogP contribution in [0.15, 0.2) is 36.5 Å². The smallest absolute Gasteiger partial charge is 0.414 e. The Bertz CT molecular complexity index is 600. The third-order valence-corrected chi connectivity index (χ3v) is 2.98. The highest BCUT2D eigenvalue weighted by molar-refractivity contribution is 5.93. The van der Waals surface area contributed by atoms with Gasteiger partial charge in [0.05, 0.1) is 18.7 Å². The summed E-state index contributed by atoms with van der Waals surface area (Å²) in [4.78, 5) is 17.4. The molecule has 1 unspecified atom stereocenters. The molecule has 1 aliphatic heterocycles. The molecule has 5 nitrogen and oxygen atoms in total. The number of carbonyl (C=O) groups is 1. The van der Waals surface area contributed by atoms with Gasteiger partial charge in [-0.05, 0) is 24.3 Å². The van der Waals surface area contributed by atoms with Crippen LogP contribution in [0.5, 0.6) is 0 Å². The maximum atomic E-state index is 11.7. The lowest BCUT2D eigenvalue weighted by Crippen LogP contribution is -2.25. The van der Waals surface area contributed by atoms with E-state index < -0.39 is 12.2 Å². The summed E-state index contributed by atoms with van der Waals surface area (Å²) in [5, 5.41) is 9.97. The van der Waals surface area contributed by atoms with Gasteiger partial charge in [-0.2, -0.15) is 0 Å². The molecule has 1 saturated heterocycles. The number of rotatable bonds is 2. The number of hydrogen-bond donors (Lipinski definition) is 1. The number of ether oxygens (including phenoxy) is 1. The maximum absolute atomic E-state index is 11.7. The van der Waals surface area contributed by atoms with Crippen molar-refractivity contribution in [2.24, 2.45) is 0 Å². The van der Waals surface area contributed by atoms with E-state index in [2.05, 4.69) is 4.98 Å². The molecule has 5 heteroatoms. The van der Waals surface area contributed by atoms with Crippen LogP contribution in [0, 0.1) is 0 Å². The number of carbonyl (C=O) groups excluding carboxylic acids is 1. The number of fused-ring (bicyclic) bond motifs is 1. The number of aliphatic hydroxyl groups is 1. The first-order valence-corrected chi connectivity index (χ1v) is 5.72. The number of benzene rings is 1. The first-order chi connectivity index (χ1) is 8.78. The van der Waals surface area contributed by atoms with Crippen LogP contribution < -0.4 is 4.90 Å². The van der Waals surface area contributed by atoms with Crippen LogP contribution in [0.4, 0.5) is 10.5 Å². The molecule has 2 aromatic rings. The monoisotopic (exact) mass is 244 g/mol. The number of hydrogen-bond acceptors (Lipinski definition) is 4. The zero-order valence-corrected chi connectivity index (χ0v) is 9.61. The molecule has 1 amide bonds. The molecular weight excluding hydrogens is 232 g/mol. The lowest BCUT2D eigenvalue weighted by atomic mass is 10.2. The first kappa shape index (κ1) is 11.0. The predicted molar refractivity (Wildman–Crippen MR) is 66.4 cm³/mol. The van der Waals surface area contributed by atoms with E-state index in [0.717, 1.165) is 16.6 Å². The van der Waals surface area contributed by atoms with E-state index in [1.807, 2.05) is 30.3 Å². The second-order valence-corrected chi connectivity index (χ2v) is 4.18. The van der Waals surface area contributed by atoms with Crippen molar-refractivity contribution in [3.05, 3.63) is 36.5 Å². The molecule has 1 atom stereocenters. The number of amides is 1. The highest BCUT2D eigenvalue weighted by Crippen LogP contribution is 2.24. The molecule has 18 heavy (non-hydrogen) atoms. The average molecular weight is 244 g/mol. The number of anilines is 1. The summed E-state index contributed by atoms with van der Waals surface area (Å²) in [5.74, 6) is 0. The van der Waals surface area contributed by atoms with Gasteiger partial charge in [0.2, 0.25) is 0 Å². The van der Waals surface area contributed by atoms with Crippen molar-refractivity contribution in [3.8, 4) is 0 Å². The lowest BCUT2D eigenvalue weighted by Gasteiger charge is -2.13. The minimum atomic E-state index is -0.443. The van der Waals surface area contributed by atoms with Crippen molar-refractivity contribution < 1.29 is 14.6 Å². The zero-order valence-electron chi connectivity index (χ0n) is 9.61. The molecule has 1 aliphatic rings. The number of nitrogens with zero attached hydrogens (tertiary/aromatic N) is 2. The minimum Gasteiger partial charge on any atom is -0.441 e. The Morgan fingerprint density at radius 3 is 3.11 bits per heavy atom. The summed E-state index contributed by atoms with van der Waals surface area (Å²) in [5.41, 5.74) is 1.64. The van der Waals surface area contributed by atoms with Gasteiger partial charge in [-0.3, -0.25) is 9.88 Å². The third-order valence-electron chi connectivity index (χ3n) is 2.98. The number of aromatic nitrogens is 1. The van der Waals surface area contributed by atoms with Crippen LogP contribution in [0.3, 0.4) is 0 Å². The van der Waals surface area contributed by atoms with Gasteiger partial charge in [-0.15, -0.1) is 0 Å². The van der Waals surface area contributed by atoms with Crippen LogP contribution in [0.1, 0.15) is 0 Å². The Labute approximate surface area is 104 Å². The maximum Gasteiger partial charge on any atom is 0.414 e. The van der Waals surface area contributed by atoms with Gasteiger partial charge < -0.3 is 9.84 Å². The normalized spacial score (nSPS) is 19.3. The second-order valence-electron chi connectivity index (χ2n) is 4.18. The van der Waals surface area contributed by atoms with Crippen LogP contribution in [-0.4, -0.2) is 35.4 Å². The highest BCUT2D eigenvalue weighted by Gasteiger charge is 2.31. The number of pyridine rings is 1. The predicted octanol–water partition coefficient (Wildman–Crippen LogP) is 1.55. The van der Waals surface area contributed by atoms with Crippen molar-refractivity contribution in [3.63, 3.8) is 0 Å².